The molecule has 2 amide bonds. The van der Waals surface area contributed by atoms with Crippen LogP contribution in [0, 0.1) is 0 Å². The SMILES string of the molecule is CN1CCN(C(=O)c2cccc(Oc3ccccc3)c2)C(C(N)=O)C1. The van der Waals surface area contributed by atoms with Crippen LogP contribution in [-0.2, 0) is 4.79 Å². The summed E-state index contributed by atoms with van der Waals surface area (Å²) in [5, 5.41) is 0. The lowest BCUT2D eigenvalue weighted by Crippen LogP contribution is -2.59. The number of carbonyl (C=O) groups excluding carboxylic acids is 2. The summed E-state index contributed by atoms with van der Waals surface area (Å²) in [7, 11) is 1.91. The van der Waals surface area contributed by atoms with E-state index in [0.29, 0.717) is 36.7 Å². The minimum atomic E-state index is -0.620. The van der Waals surface area contributed by atoms with Crippen LogP contribution in [0.25, 0.3) is 0 Å². The van der Waals surface area contributed by atoms with E-state index in [4.69, 9.17) is 10.5 Å². The van der Waals surface area contributed by atoms with Gasteiger partial charge in [-0.3, -0.25) is 9.59 Å². The summed E-state index contributed by atoms with van der Waals surface area (Å²) >= 11 is 0. The Balaban J connectivity index is 1.80. The maximum atomic E-state index is 12.9. The summed E-state index contributed by atoms with van der Waals surface area (Å²) in [6.07, 6.45) is 0. The van der Waals surface area contributed by atoms with E-state index in [2.05, 4.69) is 0 Å². The third-order valence-electron chi connectivity index (χ3n) is 4.23. The molecule has 1 heterocycles. The second-order valence-electron chi connectivity index (χ2n) is 6.12. The predicted octanol–water partition coefficient (Wildman–Crippen LogP) is 1.72. The fourth-order valence-electron chi connectivity index (χ4n) is 2.89. The summed E-state index contributed by atoms with van der Waals surface area (Å²) in [6.45, 7) is 1.61. The van der Waals surface area contributed by atoms with Gasteiger partial charge in [0, 0.05) is 25.2 Å². The molecule has 1 aliphatic heterocycles. The number of rotatable bonds is 4. The lowest BCUT2D eigenvalue weighted by Gasteiger charge is -2.38. The van der Waals surface area contributed by atoms with Crippen molar-refractivity contribution in [1.29, 1.82) is 0 Å². The van der Waals surface area contributed by atoms with Gasteiger partial charge in [-0.05, 0) is 37.4 Å². The standard InChI is InChI=1S/C19H21N3O3/c1-21-10-11-22(17(13-21)18(20)23)19(24)14-6-5-9-16(12-14)25-15-7-3-2-4-8-15/h2-9,12,17H,10-11,13H2,1H3,(H2,20,23). The van der Waals surface area contributed by atoms with Gasteiger partial charge in [-0.25, -0.2) is 0 Å². The molecule has 2 aromatic rings. The first-order valence-electron chi connectivity index (χ1n) is 8.16. The molecular formula is C19H21N3O3. The van der Waals surface area contributed by atoms with Crippen molar-refractivity contribution in [2.75, 3.05) is 26.7 Å². The van der Waals surface area contributed by atoms with E-state index >= 15 is 0 Å². The Bertz CT molecular complexity index is 764. The molecule has 1 fully saturated rings. The smallest absolute Gasteiger partial charge is 0.254 e. The molecule has 2 N–H and O–H groups in total. The molecule has 0 aliphatic carbocycles. The lowest BCUT2D eigenvalue weighted by atomic mass is 10.1. The van der Waals surface area contributed by atoms with Crippen molar-refractivity contribution in [2.45, 2.75) is 6.04 Å². The van der Waals surface area contributed by atoms with Gasteiger partial charge in [-0.1, -0.05) is 24.3 Å². The number of carbonyl (C=O) groups is 2. The minimum Gasteiger partial charge on any atom is -0.457 e. The number of nitrogens with zero attached hydrogens (tertiary/aromatic N) is 2. The molecule has 0 aromatic heterocycles. The Labute approximate surface area is 146 Å². The van der Waals surface area contributed by atoms with Crippen molar-refractivity contribution in [2.24, 2.45) is 5.73 Å². The molecule has 0 bridgehead atoms. The molecule has 0 saturated carbocycles. The first kappa shape index (κ1) is 17.0. The zero-order valence-electron chi connectivity index (χ0n) is 14.1. The number of primary amides is 1. The number of para-hydroxylation sites is 1. The third-order valence-corrected chi connectivity index (χ3v) is 4.23. The molecule has 0 spiro atoms. The molecule has 1 saturated heterocycles. The molecule has 0 radical (unpaired) electrons. The zero-order chi connectivity index (χ0) is 17.8. The fraction of sp³-hybridized carbons (Fsp3) is 0.263. The Morgan fingerprint density at radius 3 is 2.48 bits per heavy atom. The van der Waals surface area contributed by atoms with Gasteiger partial charge in [0.2, 0.25) is 5.91 Å². The number of piperazine rings is 1. The molecule has 1 unspecified atom stereocenters. The number of amides is 2. The largest absolute Gasteiger partial charge is 0.457 e. The first-order valence-corrected chi connectivity index (χ1v) is 8.16. The van der Waals surface area contributed by atoms with Crippen molar-refractivity contribution in [3.63, 3.8) is 0 Å². The van der Waals surface area contributed by atoms with Gasteiger partial charge >= 0.3 is 0 Å². The van der Waals surface area contributed by atoms with Gasteiger partial charge < -0.3 is 20.3 Å². The number of nitrogens with two attached hydrogens (primary N) is 1. The average molecular weight is 339 g/mol. The Morgan fingerprint density at radius 1 is 1.04 bits per heavy atom. The van der Waals surface area contributed by atoms with Crippen molar-refractivity contribution in [1.82, 2.24) is 9.80 Å². The molecule has 6 nitrogen and oxygen atoms in total. The summed E-state index contributed by atoms with van der Waals surface area (Å²) in [5.74, 6) is 0.565. The summed E-state index contributed by atoms with van der Waals surface area (Å²) < 4.78 is 5.78. The molecule has 2 aromatic carbocycles. The Hall–Kier alpha value is -2.86. The van der Waals surface area contributed by atoms with E-state index in [1.807, 2.05) is 42.3 Å². The highest BCUT2D eigenvalue weighted by Crippen LogP contribution is 2.23. The second kappa shape index (κ2) is 7.36. The fourth-order valence-corrected chi connectivity index (χ4v) is 2.89. The van der Waals surface area contributed by atoms with E-state index in [9.17, 15) is 9.59 Å². The molecular weight excluding hydrogens is 318 g/mol. The molecule has 1 aliphatic rings. The van der Waals surface area contributed by atoms with Crippen LogP contribution in [0.15, 0.2) is 54.6 Å². The van der Waals surface area contributed by atoms with Gasteiger partial charge in [0.05, 0.1) is 0 Å². The molecule has 130 valence electrons. The molecule has 25 heavy (non-hydrogen) atoms. The summed E-state index contributed by atoms with van der Waals surface area (Å²) in [6, 6.07) is 15.7. The number of benzene rings is 2. The van der Waals surface area contributed by atoms with Gasteiger partial charge in [0.1, 0.15) is 17.5 Å². The van der Waals surface area contributed by atoms with E-state index in [-0.39, 0.29) is 5.91 Å². The monoisotopic (exact) mass is 339 g/mol. The van der Waals surface area contributed by atoms with Crippen LogP contribution in [0.4, 0.5) is 0 Å². The van der Waals surface area contributed by atoms with Crippen LogP contribution < -0.4 is 10.5 Å². The molecule has 6 heteroatoms. The van der Waals surface area contributed by atoms with Crippen molar-refractivity contribution >= 4 is 11.8 Å². The second-order valence-corrected chi connectivity index (χ2v) is 6.12. The topological polar surface area (TPSA) is 75.9 Å². The van der Waals surface area contributed by atoms with Gasteiger partial charge in [-0.2, -0.15) is 0 Å². The zero-order valence-corrected chi connectivity index (χ0v) is 14.1. The Kier molecular flexibility index (Phi) is 5.00. The van der Waals surface area contributed by atoms with Crippen molar-refractivity contribution in [3.8, 4) is 11.5 Å². The number of hydrogen-bond donors (Lipinski definition) is 1. The minimum absolute atomic E-state index is 0.213. The third kappa shape index (κ3) is 3.97. The summed E-state index contributed by atoms with van der Waals surface area (Å²) in [5.41, 5.74) is 5.96. The van der Waals surface area contributed by atoms with E-state index < -0.39 is 11.9 Å². The quantitative estimate of drug-likeness (QED) is 0.920. The first-order chi connectivity index (χ1) is 12.0. The van der Waals surface area contributed by atoms with Crippen LogP contribution in [0.2, 0.25) is 0 Å². The summed E-state index contributed by atoms with van der Waals surface area (Å²) in [4.78, 5) is 28.1. The van der Waals surface area contributed by atoms with Gasteiger partial charge in [-0.15, -0.1) is 0 Å². The highest BCUT2D eigenvalue weighted by molar-refractivity contribution is 5.97. The van der Waals surface area contributed by atoms with Crippen molar-refractivity contribution in [3.05, 3.63) is 60.2 Å². The van der Waals surface area contributed by atoms with E-state index in [0.717, 1.165) is 0 Å². The van der Waals surface area contributed by atoms with Crippen LogP contribution in [-0.4, -0.2) is 54.3 Å². The predicted molar refractivity (Wildman–Crippen MR) is 94.5 cm³/mol. The molecule has 1 atom stereocenters. The van der Waals surface area contributed by atoms with E-state index in [1.54, 1.807) is 29.2 Å². The van der Waals surface area contributed by atoms with Gasteiger partial charge in [0.15, 0.2) is 0 Å². The highest BCUT2D eigenvalue weighted by Gasteiger charge is 2.33. The lowest BCUT2D eigenvalue weighted by molar-refractivity contribution is -0.124. The van der Waals surface area contributed by atoms with E-state index in [1.165, 1.54) is 0 Å². The van der Waals surface area contributed by atoms with Crippen LogP contribution in [0.1, 0.15) is 10.4 Å². The van der Waals surface area contributed by atoms with Crippen LogP contribution in [0.3, 0.4) is 0 Å². The van der Waals surface area contributed by atoms with Crippen molar-refractivity contribution < 1.29 is 14.3 Å². The normalized spacial score (nSPS) is 18.0. The highest BCUT2D eigenvalue weighted by atomic mass is 16.5. The number of likely N-dealkylation sites (N-methyl/N-ethyl adjacent to an activating group) is 1. The van der Waals surface area contributed by atoms with Gasteiger partial charge in [0.25, 0.3) is 5.91 Å². The maximum Gasteiger partial charge on any atom is 0.254 e. The molecule has 3 rings (SSSR count). The number of ether oxygens (including phenoxy) is 1. The van der Waals surface area contributed by atoms with Crippen LogP contribution in [0.5, 0.6) is 11.5 Å². The number of hydrogen-bond acceptors (Lipinski definition) is 4. The Morgan fingerprint density at radius 2 is 1.76 bits per heavy atom. The average Bonchev–Trinajstić information content (AvgIpc) is 2.62. The maximum absolute atomic E-state index is 12.9. The van der Waals surface area contributed by atoms with Crippen LogP contribution >= 0.6 is 0 Å².